The highest BCUT2D eigenvalue weighted by Gasteiger charge is 2.29. The second kappa shape index (κ2) is 4.81. The molecule has 2 unspecified atom stereocenters. The molecular weight excluding hydrogens is 188 g/mol. The van der Waals surface area contributed by atoms with Crippen LogP contribution in [-0.4, -0.2) is 47.8 Å². The van der Waals surface area contributed by atoms with Crippen molar-refractivity contribution < 1.29 is 5.11 Å². The van der Waals surface area contributed by atoms with E-state index in [1.165, 1.54) is 25.8 Å². The van der Waals surface area contributed by atoms with Crippen LogP contribution in [0, 0.1) is 0 Å². The number of hydrogen-bond acceptors (Lipinski definition) is 3. The van der Waals surface area contributed by atoms with Gasteiger partial charge in [0.2, 0.25) is 0 Å². The summed E-state index contributed by atoms with van der Waals surface area (Å²) in [7, 11) is 2.20. The van der Waals surface area contributed by atoms with Gasteiger partial charge in [-0.25, -0.2) is 0 Å². The zero-order valence-corrected chi connectivity index (χ0v) is 9.95. The van der Waals surface area contributed by atoms with Gasteiger partial charge in [0.1, 0.15) is 0 Å². The van der Waals surface area contributed by atoms with Crippen molar-refractivity contribution >= 4 is 0 Å². The van der Waals surface area contributed by atoms with E-state index < -0.39 is 0 Å². The number of aliphatic hydroxyl groups is 1. The van der Waals surface area contributed by atoms with Gasteiger partial charge in [-0.3, -0.25) is 0 Å². The summed E-state index contributed by atoms with van der Waals surface area (Å²) in [4.78, 5) is 2.42. The maximum Gasteiger partial charge on any atom is 0.0693 e. The molecule has 2 N–H and O–H groups in total. The van der Waals surface area contributed by atoms with Gasteiger partial charge < -0.3 is 15.3 Å². The lowest BCUT2D eigenvalue weighted by atomic mass is 9.97. The fourth-order valence-electron chi connectivity index (χ4n) is 2.88. The lowest BCUT2D eigenvalue weighted by Gasteiger charge is -2.37. The lowest BCUT2D eigenvalue weighted by molar-refractivity contribution is 0.117. The Morgan fingerprint density at radius 1 is 1.27 bits per heavy atom. The van der Waals surface area contributed by atoms with Crippen LogP contribution in [0.25, 0.3) is 0 Å². The van der Waals surface area contributed by atoms with Crippen molar-refractivity contribution in [2.45, 2.75) is 63.3 Å². The van der Waals surface area contributed by atoms with Crippen LogP contribution in [0.1, 0.15) is 39.0 Å². The second-order valence-electron chi connectivity index (χ2n) is 5.32. The Morgan fingerprint density at radius 3 is 2.67 bits per heavy atom. The van der Waals surface area contributed by atoms with Gasteiger partial charge in [-0.1, -0.05) is 0 Å². The van der Waals surface area contributed by atoms with Crippen LogP contribution in [0.3, 0.4) is 0 Å². The van der Waals surface area contributed by atoms with E-state index in [2.05, 4.69) is 24.2 Å². The molecule has 1 aliphatic heterocycles. The third-order valence-electron chi connectivity index (χ3n) is 4.14. The summed E-state index contributed by atoms with van der Waals surface area (Å²) in [5.74, 6) is 0. The van der Waals surface area contributed by atoms with Gasteiger partial charge in [0.25, 0.3) is 0 Å². The van der Waals surface area contributed by atoms with Crippen molar-refractivity contribution in [2.24, 2.45) is 0 Å². The largest absolute Gasteiger partial charge is 0.392 e. The van der Waals surface area contributed by atoms with Gasteiger partial charge in [0.05, 0.1) is 6.10 Å². The van der Waals surface area contributed by atoms with Gasteiger partial charge in [-0.15, -0.1) is 0 Å². The first-order valence-electron chi connectivity index (χ1n) is 6.31. The first kappa shape index (κ1) is 11.4. The highest BCUT2D eigenvalue weighted by atomic mass is 16.3. The van der Waals surface area contributed by atoms with Crippen LogP contribution in [0.5, 0.6) is 0 Å². The molecule has 1 saturated heterocycles. The van der Waals surface area contributed by atoms with E-state index in [1.54, 1.807) is 0 Å². The minimum absolute atomic E-state index is 0.0973. The van der Waals surface area contributed by atoms with Crippen LogP contribution < -0.4 is 5.32 Å². The fraction of sp³-hybridized carbons (Fsp3) is 1.00. The van der Waals surface area contributed by atoms with Crippen molar-refractivity contribution in [2.75, 3.05) is 13.6 Å². The average Bonchev–Trinajstić information content (AvgIpc) is 2.59. The van der Waals surface area contributed by atoms with Gasteiger partial charge in [0, 0.05) is 18.1 Å². The molecule has 1 saturated carbocycles. The Bertz CT molecular complexity index is 210. The minimum atomic E-state index is -0.0973. The zero-order valence-electron chi connectivity index (χ0n) is 9.95. The van der Waals surface area contributed by atoms with Crippen molar-refractivity contribution in [3.63, 3.8) is 0 Å². The molecule has 0 amide bonds. The Balaban J connectivity index is 1.80. The summed E-state index contributed by atoms with van der Waals surface area (Å²) in [5, 5.41) is 13.4. The fourth-order valence-corrected chi connectivity index (χ4v) is 2.88. The molecule has 0 bridgehead atoms. The lowest BCUT2D eigenvalue weighted by Crippen LogP contribution is -2.50. The maximum atomic E-state index is 9.76. The van der Waals surface area contributed by atoms with E-state index in [4.69, 9.17) is 0 Å². The van der Waals surface area contributed by atoms with E-state index >= 15 is 0 Å². The molecule has 1 aliphatic carbocycles. The highest BCUT2D eigenvalue weighted by molar-refractivity contribution is 4.89. The predicted octanol–water partition coefficient (Wildman–Crippen LogP) is 0.972. The predicted molar refractivity (Wildman–Crippen MR) is 61.9 cm³/mol. The Kier molecular flexibility index (Phi) is 3.65. The summed E-state index contributed by atoms with van der Waals surface area (Å²) in [5.41, 5.74) is 0. The summed E-state index contributed by atoms with van der Waals surface area (Å²) < 4.78 is 0. The SMILES string of the molecule is CC1CC(N[C@H]2CCC[C@@H]2O)CCN1C. The van der Waals surface area contributed by atoms with Crippen LogP contribution >= 0.6 is 0 Å². The number of nitrogens with one attached hydrogen (secondary N) is 1. The molecule has 0 aromatic heterocycles. The zero-order chi connectivity index (χ0) is 10.8. The summed E-state index contributed by atoms with van der Waals surface area (Å²) in [6.45, 7) is 3.47. The second-order valence-corrected chi connectivity index (χ2v) is 5.32. The first-order chi connectivity index (χ1) is 7.16. The van der Waals surface area contributed by atoms with Crippen LogP contribution in [0.2, 0.25) is 0 Å². The number of hydrogen-bond donors (Lipinski definition) is 2. The summed E-state index contributed by atoms with van der Waals surface area (Å²) in [6, 6.07) is 1.66. The van der Waals surface area contributed by atoms with Gasteiger partial charge >= 0.3 is 0 Å². The Hall–Kier alpha value is -0.120. The number of likely N-dealkylation sites (tertiary alicyclic amines) is 1. The number of rotatable bonds is 2. The van der Waals surface area contributed by atoms with Gasteiger partial charge in [0.15, 0.2) is 0 Å². The van der Waals surface area contributed by atoms with Crippen molar-refractivity contribution in [3.8, 4) is 0 Å². The monoisotopic (exact) mass is 212 g/mol. The van der Waals surface area contributed by atoms with Crippen molar-refractivity contribution in [3.05, 3.63) is 0 Å². The van der Waals surface area contributed by atoms with Crippen LogP contribution in [-0.2, 0) is 0 Å². The maximum absolute atomic E-state index is 9.76. The molecule has 0 aromatic rings. The van der Waals surface area contributed by atoms with E-state index in [0.717, 1.165) is 12.8 Å². The van der Waals surface area contributed by atoms with Gasteiger partial charge in [-0.05, 0) is 52.6 Å². The van der Waals surface area contributed by atoms with Crippen molar-refractivity contribution in [1.29, 1.82) is 0 Å². The Labute approximate surface area is 92.8 Å². The van der Waals surface area contributed by atoms with E-state index in [-0.39, 0.29) is 6.10 Å². The topological polar surface area (TPSA) is 35.5 Å². The molecule has 2 fully saturated rings. The molecule has 0 spiro atoms. The standard InChI is InChI=1S/C12H24N2O/c1-9-8-10(6-7-14(9)2)13-11-4-3-5-12(11)15/h9-13,15H,3-8H2,1-2H3/t9?,10?,11-,12-/m0/s1. The molecular formula is C12H24N2O. The molecule has 4 atom stereocenters. The molecule has 15 heavy (non-hydrogen) atoms. The van der Waals surface area contributed by atoms with Gasteiger partial charge in [-0.2, -0.15) is 0 Å². The average molecular weight is 212 g/mol. The molecule has 0 radical (unpaired) electrons. The molecule has 3 heteroatoms. The van der Waals surface area contributed by atoms with Crippen molar-refractivity contribution in [1.82, 2.24) is 10.2 Å². The molecule has 0 aromatic carbocycles. The Morgan fingerprint density at radius 2 is 2.07 bits per heavy atom. The molecule has 3 nitrogen and oxygen atoms in total. The quantitative estimate of drug-likeness (QED) is 0.716. The molecule has 2 aliphatic rings. The third-order valence-corrected chi connectivity index (χ3v) is 4.14. The number of nitrogens with zero attached hydrogens (tertiary/aromatic N) is 1. The molecule has 2 rings (SSSR count). The first-order valence-corrected chi connectivity index (χ1v) is 6.31. The van der Waals surface area contributed by atoms with Crippen LogP contribution in [0.15, 0.2) is 0 Å². The summed E-state index contributed by atoms with van der Waals surface area (Å²) in [6.07, 6.45) is 5.67. The van der Waals surface area contributed by atoms with E-state index in [1.807, 2.05) is 0 Å². The third kappa shape index (κ3) is 2.71. The normalized spacial score (nSPS) is 43.4. The highest BCUT2D eigenvalue weighted by Crippen LogP contribution is 2.22. The number of aliphatic hydroxyl groups excluding tert-OH is 1. The smallest absolute Gasteiger partial charge is 0.0693 e. The van der Waals surface area contributed by atoms with Crippen LogP contribution in [0.4, 0.5) is 0 Å². The van der Waals surface area contributed by atoms with E-state index in [9.17, 15) is 5.11 Å². The number of piperidine rings is 1. The summed E-state index contributed by atoms with van der Waals surface area (Å²) >= 11 is 0. The van der Waals surface area contributed by atoms with E-state index in [0.29, 0.717) is 18.1 Å². The molecule has 88 valence electrons. The minimum Gasteiger partial charge on any atom is -0.392 e. The molecule has 1 heterocycles.